The molecule has 1 aliphatic rings. The molecule has 3 rings (SSSR count). The van der Waals surface area contributed by atoms with E-state index in [2.05, 4.69) is 43.8 Å². The Morgan fingerprint density at radius 2 is 2.05 bits per heavy atom. The van der Waals surface area contributed by atoms with Gasteiger partial charge in [0.1, 0.15) is 11.9 Å². The Morgan fingerprint density at radius 3 is 2.78 bits per heavy atom. The number of anilines is 2. The van der Waals surface area contributed by atoms with Crippen LogP contribution in [0.4, 0.5) is 11.8 Å². The van der Waals surface area contributed by atoms with Crippen molar-refractivity contribution in [2.24, 2.45) is 5.92 Å². The average molecular weight is 557 g/mol. The van der Waals surface area contributed by atoms with Crippen molar-refractivity contribution in [3.05, 3.63) is 59.3 Å². The van der Waals surface area contributed by atoms with Crippen molar-refractivity contribution < 1.29 is 9.59 Å². The minimum absolute atomic E-state index is 0.0110. The van der Waals surface area contributed by atoms with Crippen LogP contribution in [-0.4, -0.2) is 78.4 Å². The van der Waals surface area contributed by atoms with E-state index in [1.54, 1.807) is 39.4 Å². The van der Waals surface area contributed by atoms with Gasteiger partial charge in [0.2, 0.25) is 17.8 Å². The fourth-order valence-electron chi connectivity index (χ4n) is 4.48. The van der Waals surface area contributed by atoms with Crippen molar-refractivity contribution in [3.63, 3.8) is 0 Å². The Hall–Kier alpha value is -4.41. The second-order valence-electron chi connectivity index (χ2n) is 10.5. The van der Waals surface area contributed by atoms with Crippen LogP contribution >= 0.6 is 0 Å². The van der Waals surface area contributed by atoms with Gasteiger partial charge in [0.05, 0.1) is 23.4 Å². The third-order valence-corrected chi connectivity index (χ3v) is 7.00. The van der Waals surface area contributed by atoms with Gasteiger partial charge in [0.15, 0.2) is 0 Å². The number of likely N-dealkylation sites (N-methyl/N-ethyl adjacent to an activating group) is 2. The van der Waals surface area contributed by atoms with E-state index in [1.165, 1.54) is 11.0 Å². The minimum Gasteiger partial charge on any atom is -0.372 e. The van der Waals surface area contributed by atoms with Gasteiger partial charge in [0.25, 0.3) is 0 Å². The smallest absolute Gasteiger partial charge is 0.246 e. The van der Waals surface area contributed by atoms with Crippen molar-refractivity contribution in [2.75, 3.05) is 45.4 Å². The predicted molar refractivity (Wildman–Crippen MR) is 161 cm³/mol. The van der Waals surface area contributed by atoms with Crippen molar-refractivity contribution in [3.8, 4) is 17.9 Å². The quantitative estimate of drug-likeness (QED) is 0.301. The number of hydrogen-bond acceptors (Lipinski definition) is 8. The molecular weight excluding hydrogens is 516 g/mol. The van der Waals surface area contributed by atoms with Crippen LogP contribution in [0.15, 0.2) is 42.6 Å². The summed E-state index contributed by atoms with van der Waals surface area (Å²) in [6.45, 7) is 2.90. The third-order valence-electron chi connectivity index (χ3n) is 7.00. The summed E-state index contributed by atoms with van der Waals surface area (Å²) in [7, 11) is 7.30. The number of carbonyl (C=O) groups is 2. The van der Waals surface area contributed by atoms with Crippen LogP contribution in [0.5, 0.6) is 0 Å². The molecule has 1 fully saturated rings. The summed E-state index contributed by atoms with van der Waals surface area (Å²) in [5, 5.41) is 18.5. The van der Waals surface area contributed by atoms with E-state index >= 15 is 0 Å². The Kier molecular flexibility index (Phi) is 11.7. The molecule has 3 N–H and O–H groups in total. The summed E-state index contributed by atoms with van der Waals surface area (Å²) >= 11 is 0. The molecule has 0 aliphatic heterocycles. The Labute approximate surface area is 243 Å². The van der Waals surface area contributed by atoms with E-state index in [9.17, 15) is 9.59 Å². The number of hydrogen-bond donors (Lipinski definition) is 3. The first-order chi connectivity index (χ1) is 19.7. The highest BCUT2D eigenvalue weighted by molar-refractivity contribution is 5.92. The molecule has 1 aliphatic carbocycles. The maximum Gasteiger partial charge on any atom is 0.246 e. The molecule has 0 bridgehead atoms. The largest absolute Gasteiger partial charge is 0.372 e. The summed E-state index contributed by atoms with van der Waals surface area (Å²) < 4.78 is 0. The van der Waals surface area contributed by atoms with E-state index in [1.807, 2.05) is 37.2 Å². The number of rotatable bonds is 10. The summed E-state index contributed by atoms with van der Waals surface area (Å²) in [6.07, 6.45) is 8.56. The molecule has 1 saturated carbocycles. The topological polar surface area (TPSA) is 126 Å². The van der Waals surface area contributed by atoms with Crippen LogP contribution < -0.4 is 16.0 Å². The van der Waals surface area contributed by atoms with Gasteiger partial charge in [0, 0.05) is 45.2 Å². The number of nitriles is 1. The van der Waals surface area contributed by atoms with Crippen LogP contribution in [0.25, 0.3) is 0 Å². The Bertz CT molecular complexity index is 1340. The highest BCUT2D eigenvalue weighted by Gasteiger charge is 2.26. The van der Waals surface area contributed by atoms with Crippen LogP contribution in [0.2, 0.25) is 0 Å². The maximum absolute atomic E-state index is 12.9. The van der Waals surface area contributed by atoms with Crippen LogP contribution in [0.3, 0.4) is 0 Å². The molecule has 10 nitrogen and oxygen atoms in total. The van der Waals surface area contributed by atoms with Crippen molar-refractivity contribution in [1.82, 2.24) is 25.1 Å². The molecule has 0 radical (unpaired) electrons. The molecule has 216 valence electrons. The summed E-state index contributed by atoms with van der Waals surface area (Å²) in [6, 6.07) is 8.97. The molecule has 10 heteroatoms. The Morgan fingerprint density at radius 1 is 1.24 bits per heavy atom. The molecule has 41 heavy (non-hydrogen) atoms. The Balaban J connectivity index is 1.56. The van der Waals surface area contributed by atoms with E-state index in [0.717, 1.165) is 31.2 Å². The summed E-state index contributed by atoms with van der Waals surface area (Å²) in [5.41, 5.74) is 2.27. The highest BCUT2D eigenvalue weighted by Crippen LogP contribution is 2.24. The van der Waals surface area contributed by atoms with Crippen molar-refractivity contribution in [2.45, 2.75) is 51.2 Å². The van der Waals surface area contributed by atoms with E-state index in [0.29, 0.717) is 36.0 Å². The monoisotopic (exact) mass is 556 g/mol. The van der Waals surface area contributed by atoms with Crippen LogP contribution in [0, 0.1) is 29.1 Å². The first-order valence-electron chi connectivity index (χ1n) is 13.9. The van der Waals surface area contributed by atoms with Crippen molar-refractivity contribution >= 4 is 23.6 Å². The zero-order valence-electron chi connectivity index (χ0n) is 24.6. The number of nitrogens with zero attached hydrogens (tertiary/aromatic N) is 5. The van der Waals surface area contributed by atoms with Gasteiger partial charge in [-0.1, -0.05) is 36.5 Å². The van der Waals surface area contributed by atoms with Crippen LogP contribution in [0.1, 0.15) is 49.3 Å². The lowest BCUT2D eigenvalue weighted by Crippen LogP contribution is -2.49. The molecular formula is C31H40N8O2. The van der Waals surface area contributed by atoms with E-state index in [-0.39, 0.29) is 23.8 Å². The van der Waals surface area contributed by atoms with Gasteiger partial charge in [-0.3, -0.25) is 9.59 Å². The standard InChI is InChI=1S/C31H40N8O2/c1-22(39(5)28(40)13-8-16-38(3)4)30(41)36-27-12-7-9-23(18-27)14-15-26-21-35-31(37-29(26)33-2)34-20-25-11-6-10-24(17-25)19-32/h6,8,10-11,13,17,21-23,27H,7,9,12,16,18,20H2,1-5H3,(H,36,41)(H2,33,34,35,37)/b13-8+/t22-,23-,27-/m0/s1. The molecule has 2 amide bonds. The van der Waals surface area contributed by atoms with E-state index in [4.69, 9.17) is 5.26 Å². The molecule has 0 saturated heterocycles. The summed E-state index contributed by atoms with van der Waals surface area (Å²) in [5.74, 6) is 7.46. The zero-order chi connectivity index (χ0) is 29.8. The molecule has 1 heterocycles. The fraction of sp³-hybridized carbons (Fsp3) is 0.452. The minimum atomic E-state index is -0.573. The van der Waals surface area contributed by atoms with Gasteiger partial charge < -0.3 is 25.8 Å². The van der Waals surface area contributed by atoms with Gasteiger partial charge in [-0.05, 0) is 58.0 Å². The number of carbonyl (C=O) groups excluding carboxylic acids is 2. The molecule has 0 spiro atoms. The molecule has 1 aromatic carbocycles. The SMILES string of the molecule is CNc1nc(NCc2cccc(C#N)c2)ncc1C#C[C@@H]1CCC[C@H](NC(=O)[C@H](C)N(C)C(=O)/C=C/CN(C)C)C1. The first kappa shape index (κ1) is 31.1. The molecule has 2 aromatic rings. The van der Waals surface area contributed by atoms with E-state index < -0.39 is 6.04 Å². The van der Waals surface area contributed by atoms with Gasteiger partial charge in [-0.2, -0.15) is 10.2 Å². The second kappa shape index (κ2) is 15.4. The zero-order valence-corrected chi connectivity index (χ0v) is 24.6. The lowest BCUT2D eigenvalue weighted by molar-refractivity contribution is -0.135. The third kappa shape index (κ3) is 9.63. The first-order valence-corrected chi connectivity index (χ1v) is 13.9. The fourth-order valence-corrected chi connectivity index (χ4v) is 4.48. The average Bonchev–Trinajstić information content (AvgIpc) is 2.98. The predicted octanol–water partition coefficient (Wildman–Crippen LogP) is 2.99. The normalized spacial score (nSPS) is 17.2. The number of nitrogens with one attached hydrogen (secondary N) is 3. The number of aromatic nitrogens is 2. The van der Waals surface area contributed by atoms with Crippen molar-refractivity contribution in [1.29, 1.82) is 5.26 Å². The van der Waals surface area contributed by atoms with Crippen LogP contribution in [-0.2, 0) is 16.1 Å². The summed E-state index contributed by atoms with van der Waals surface area (Å²) in [4.78, 5) is 37.7. The lowest BCUT2D eigenvalue weighted by Gasteiger charge is -2.30. The van der Waals surface area contributed by atoms with Gasteiger partial charge in [-0.25, -0.2) is 4.98 Å². The number of amides is 2. The van der Waals surface area contributed by atoms with Gasteiger partial charge in [-0.15, -0.1) is 0 Å². The molecule has 0 unspecified atom stereocenters. The number of benzene rings is 1. The van der Waals surface area contributed by atoms with Gasteiger partial charge >= 0.3 is 0 Å². The lowest BCUT2D eigenvalue weighted by atomic mass is 9.86. The second-order valence-corrected chi connectivity index (χ2v) is 10.5. The highest BCUT2D eigenvalue weighted by atomic mass is 16.2. The molecule has 1 aromatic heterocycles. The maximum atomic E-state index is 12.9. The molecule has 3 atom stereocenters.